The fraction of sp³-hybridized carbons (Fsp3) is 0.750. The van der Waals surface area contributed by atoms with Crippen LogP contribution in [0.2, 0.25) is 8.87 Å². The summed E-state index contributed by atoms with van der Waals surface area (Å²) in [7, 11) is 0. The SMILES string of the molecule is CCCCCCCC/C(=C/C(=O)[O-])C(=O)[O-].CCCCCCCC/C(=C/C(=O)[O-])C(=O)[O-].CCC[CH2][SnH2+4][CH2]CCC. The number of carboxylic acids is 4. The number of carbonyl (C=O) groups is 4. The molecule has 0 aromatic carbocycles. The molecule has 0 bridgehead atoms. The van der Waals surface area contributed by atoms with Gasteiger partial charge in [0.15, 0.2) is 0 Å². The Bertz CT molecular complexity index is 671. The van der Waals surface area contributed by atoms with Gasteiger partial charge in [0.05, 0.1) is 23.9 Å². The van der Waals surface area contributed by atoms with Gasteiger partial charge < -0.3 is 39.6 Å². The second-order valence-electron chi connectivity index (χ2n) is 10.4. The van der Waals surface area contributed by atoms with Crippen molar-refractivity contribution in [2.24, 2.45) is 0 Å². The van der Waals surface area contributed by atoms with Gasteiger partial charge in [-0.2, -0.15) is 0 Å². The number of hydrogen-bond donors (Lipinski definition) is 0. The first-order chi connectivity index (χ1) is 19.6. The Balaban J connectivity index is -0.000000551. The molecule has 236 valence electrons. The van der Waals surface area contributed by atoms with Crippen LogP contribution in [0.15, 0.2) is 23.3 Å². The van der Waals surface area contributed by atoms with Gasteiger partial charge in [-0.1, -0.05) is 78.1 Å². The number of carboxylic acid groups (broad SMARTS) is 4. The molecule has 0 atom stereocenters. The Kier molecular flexibility index (Phi) is 36.5. The summed E-state index contributed by atoms with van der Waals surface area (Å²) in [6.07, 6.45) is 19.9. The minimum atomic E-state index is -1.48. The summed E-state index contributed by atoms with van der Waals surface area (Å²) in [5.74, 6) is -5.80. The summed E-state index contributed by atoms with van der Waals surface area (Å²) in [4.78, 5) is 41.5. The van der Waals surface area contributed by atoms with Crippen LogP contribution in [0.25, 0.3) is 0 Å². The predicted molar refractivity (Wildman–Crippen MR) is 160 cm³/mol. The van der Waals surface area contributed by atoms with Crippen LogP contribution >= 0.6 is 0 Å². The molecule has 0 aliphatic carbocycles. The summed E-state index contributed by atoms with van der Waals surface area (Å²) in [5, 5.41) is 41.5. The molecule has 9 heteroatoms. The van der Waals surface area contributed by atoms with E-state index in [1.54, 1.807) is 8.87 Å². The second-order valence-corrected chi connectivity index (χ2v) is 16.4. The van der Waals surface area contributed by atoms with E-state index in [4.69, 9.17) is 0 Å². The molecule has 0 saturated heterocycles. The molecule has 0 saturated carbocycles. The third-order valence-corrected chi connectivity index (χ3v) is 12.1. The van der Waals surface area contributed by atoms with Crippen molar-refractivity contribution in [3.63, 3.8) is 0 Å². The number of aliphatic carboxylic acids is 4. The monoisotopic (exact) mass is 688 g/mol. The summed E-state index contributed by atoms with van der Waals surface area (Å²) in [6, 6.07) is 0. The van der Waals surface area contributed by atoms with Crippen LogP contribution in [0.3, 0.4) is 0 Å². The molecule has 0 aromatic heterocycles. The fourth-order valence-corrected chi connectivity index (χ4v) is 9.85. The molecule has 0 aliphatic heterocycles. The molecular weight excluding hydrogens is 631 g/mol. The van der Waals surface area contributed by atoms with Crippen LogP contribution in [0.4, 0.5) is 0 Å². The van der Waals surface area contributed by atoms with Crippen LogP contribution in [0, 0.1) is 0 Å². The molecule has 0 fully saturated rings. The van der Waals surface area contributed by atoms with Crippen LogP contribution in [-0.4, -0.2) is 45.0 Å². The zero-order valence-electron chi connectivity index (χ0n) is 26.3. The van der Waals surface area contributed by atoms with Crippen LogP contribution in [0.5, 0.6) is 0 Å². The van der Waals surface area contributed by atoms with E-state index >= 15 is 0 Å². The van der Waals surface area contributed by atoms with Gasteiger partial charge in [-0.15, -0.1) is 0 Å². The van der Waals surface area contributed by atoms with Gasteiger partial charge in [-0.05, 0) is 49.0 Å². The first-order valence-electron chi connectivity index (χ1n) is 15.8. The topological polar surface area (TPSA) is 161 Å². The first-order valence-corrected chi connectivity index (χ1v) is 21.5. The summed E-state index contributed by atoms with van der Waals surface area (Å²) in [6.45, 7) is 8.84. The molecule has 0 aliphatic rings. The van der Waals surface area contributed by atoms with Gasteiger partial charge in [0.2, 0.25) is 0 Å². The third kappa shape index (κ3) is 38.2. The van der Waals surface area contributed by atoms with Crippen LogP contribution in [-0.2, 0) is 19.2 Å². The van der Waals surface area contributed by atoms with Crippen molar-refractivity contribution in [2.45, 2.75) is 152 Å². The van der Waals surface area contributed by atoms with E-state index in [1.165, 1.54) is 38.5 Å². The third-order valence-electron chi connectivity index (χ3n) is 6.41. The average Bonchev–Trinajstić information content (AvgIpc) is 2.91. The van der Waals surface area contributed by atoms with Gasteiger partial charge in [-0.25, -0.2) is 0 Å². The minimum absolute atomic E-state index is 0.159. The standard InChI is InChI=1S/2C12H20O4.2C4H9.Sn.2H/c2*1-2-3-4-5-6-7-8-10(12(15)16)9-11(13)14;2*1-3-4-2;;;/h2*9H,2-8H2,1H3,(H,13,14)(H,15,16);2*1,3-4H2,2H3;;;/q;;;;+4;;/p-4/b2*10-9-;;;;;. The maximum atomic E-state index is 10.5. The molecule has 0 amide bonds. The molecule has 0 rings (SSSR count). The van der Waals surface area contributed by atoms with Crippen molar-refractivity contribution in [3.05, 3.63) is 23.3 Å². The van der Waals surface area contributed by atoms with Crippen molar-refractivity contribution in [1.82, 2.24) is 0 Å². The van der Waals surface area contributed by atoms with Crippen LogP contribution in [0.1, 0.15) is 143 Å². The molecule has 41 heavy (non-hydrogen) atoms. The van der Waals surface area contributed by atoms with Crippen molar-refractivity contribution in [2.75, 3.05) is 0 Å². The van der Waals surface area contributed by atoms with Crippen LogP contribution < -0.4 is 20.4 Å². The quantitative estimate of drug-likeness (QED) is 0.0851. The van der Waals surface area contributed by atoms with E-state index in [0.29, 0.717) is 25.0 Å². The molecule has 0 heterocycles. The molecule has 0 aromatic rings. The number of rotatable bonds is 24. The van der Waals surface area contributed by atoms with Crippen molar-refractivity contribution < 1.29 is 39.6 Å². The van der Waals surface area contributed by atoms with E-state index < -0.39 is 23.9 Å². The fourth-order valence-electron chi connectivity index (χ4n) is 3.97. The zero-order chi connectivity index (χ0) is 31.7. The van der Waals surface area contributed by atoms with E-state index in [9.17, 15) is 39.6 Å². The molecule has 0 N–H and O–H groups in total. The average molecular weight is 688 g/mol. The Morgan fingerprint density at radius 1 is 0.463 bits per heavy atom. The Morgan fingerprint density at radius 2 is 0.756 bits per heavy atom. The predicted octanol–water partition coefficient (Wildman–Crippen LogP) is 2.92. The molecular formula is C32H56O8Sn. The Labute approximate surface area is 259 Å². The number of carbonyl (C=O) groups excluding carboxylic acids is 4. The van der Waals surface area contributed by atoms with Crippen molar-refractivity contribution in [1.29, 1.82) is 0 Å². The van der Waals surface area contributed by atoms with Gasteiger partial charge >= 0.3 is 69.5 Å². The summed E-state index contributed by atoms with van der Waals surface area (Å²) in [5.41, 5.74) is -0.369. The number of hydrogen-bond acceptors (Lipinski definition) is 8. The summed E-state index contributed by atoms with van der Waals surface area (Å²) >= 11 is -0.159. The van der Waals surface area contributed by atoms with E-state index in [2.05, 4.69) is 27.7 Å². The van der Waals surface area contributed by atoms with Gasteiger partial charge in [0, 0.05) is 0 Å². The normalized spacial score (nSPS) is 11.1. The van der Waals surface area contributed by atoms with Gasteiger partial charge in [-0.3, -0.25) is 0 Å². The van der Waals surface area contributed by atoms with E-state index in [-0.39, 0.29) is 45.1 Å². The maximum absolute atomic E-state index is 10.5. The number of unbranched alkanes of at least 4 members (excludes halogenated alkanes) is 12. The van der Waals surface area contributed by atoms with Gasteiger partial charge in [0.1, 0.15) is 0 Å². The zero-order valence-corrected chi connectivity index (χ0v) is 30.3. The van der Waals surface area contributed by atoms with Crippen molar-refractivity contribution in [3.8, 4) is 0 Å². The Hall–Kier alpha value is -1.84. The molecule has 0 spiro atoms. The first kappa shape index (κ1) is 43.6. The molecule has 4 radical (unpaired) electrons. The summed E-state index contributed by atoms with van der Waals surface area (Å²) < 4.78 is 3.33. The molecule has 0 unspecified atom stereocenters. The Morgan fingerprint density at radius 3 is 1.02 bits per heavy atom. The van der Waals surface area contributed by atoms with E-state index in [0.717, 1.165) is 51.4 Å². The van der Waals surface area contributed by atoms with Crippen molar-refractivity contribution >= 4 is 45.0 Å². The van der Waals surface area contributed by atoms with E-state index in [1.807, 2.05) is 0 Å². The second kappa shape index (κ2) is 34.4. The van der Waals surface area contributed by atoms with Gasteiger partial charge in [0.25, 0.3) is 0 Å². The molecule has 8 nitrogen and oxygen atoms in total.